The number of rotatable bonds is 5. The predicted molar refractivity (Wildman–Crippen MR) is 115 cm³/mol. The zero-order valence-corrected chi connectivity index (χ0v) is 17.4. The van der Waals surface area contributed by atoms with Crippen molar-refractivity contribution < 1.29 is 24.2 Å². The van der Waals surface area contributed by atoms with Crippen molar-refractivity contribution >= 4 is 18.0 Å². The number of hydrogen-bond acceptors (Lipinski definition) is 4. The van der Waals surface area contributed by atoms with Gasteiger partial charge in [-0.3, -0.25) is 9.59 Å². The molecule has 2 aliphatic rings. The summed E-state index contributed by atoms with van der Waals surface area (Å²) in [6.45, 7) is 2.57. The molecular formula is C24H26N2O5. The highest BCUT2D eigenvalue weighted by Crippen LogP contribution is 2.44. The lowest BCUT2D eigenvalue weighted by Crippen LogP contribution is -2.50. The Balaban J connectivity index is 1.33. The van der Waals surface area contributed by atoms with Gasteiger partial charge in [-0.05, 0) is 42.0 Å². The highest BCUT2D eigenvalue weighted by atomic mass is 16.5. The number of aliphatic carboxylic acids is 1. The molecule has 0 aromatic heterocycles. The molecular weight excluding hydrogens is 396 g/mol. The van der Waals surface area contributed by atoms with Crippen LogP contribution in [0.1, 0.15) is 36.8 Å². The molecule has 2 amide bonds. The summed E-state index contributed by atoms with van der Waals surface area (Å²) in [7, 11) is 0. The number of benzene rings is 2. The Kier molecular flexibility index (Phi) is 5.93. The van der Waals surface area contributed by atoms with Crippen LogP contribution in [0.15, 0.2) is 48.5 Å². The van der Waals surface area contributed by atoms with E-state index in [9.17, 15) is 14.4 Å². The molecule has 0 unspecified atom stereocenters. The number of nitrogens with one attached hydrogen (secondary N) is 1. The minimum Gasteiger partial charge on any atom is -0.481 e. The maximum Gasteiger partial charge on any atom is 0.407 e. The molecule has 31 heavy (non-hydrogen) atoms. The smallest absolute Gasteiger partial charge is 0.407 e. The van der Waals surface area contributed by atoms with E-state index in [2.05, 4.69) is 17.4 Å². The average molecular weight is 422 g/mol. The third-order valence-electron chi connectivity index (χ3n) is 6.20. The van der Waals surface area contributed by atoms with Gasteiger partial charge in [0.05, 0.1) is 5.92 Å². The Labute approximate surface area is 181 Å². The number of amides is 2. The molecule has 2 aromatic rings. The van der Waals surface area contributed by atoms with E-state index in [1.807, 2.05) is 36.4 Å². The molecule has 0 saturated carbocycles. The van der Waals surface area contributed by atoms with Crippen molar-refractivity contribution in [2.45, 2.75) is 31.7 Å². The van der Waals surface area contributed by atoms with E-state index in [-0.39, 0.29) is 18.4 Å². The number of nitrogens with zero attached hydrogens (tertiary/aromatic N) is 1. The maximum atomic E-state index is 12.6. The van der Waals surface area contributed by atoms with Crippen LogP contribution in [0.5, 0.6) is 0 Å². The number of ether oxygens (including phenoxy) is 1. The van der Waals surface area contributed by atoms with Gasteiger partial charge in [-0.2, -0.15) is 0 Å². The molecule has 1 aliphatic carbocycles. The van der Waals surface area contributed by atoms with E-state index >= 15 is 0 Å². The number of piperidine rings is 1. The molecule has 1 heterocycles. The molecule has 1 aliphatic heterocycles. The average Bonchev–Trinajstić information content (AvgIpc) is 3.11. The van der Waals surface area contributed by atoms with Crippen molar-refractivity contribution in [2.75, 3.05) is 19.7 Å². The zero-order chi connectivity index (χ0) is 22.0. The van der Waals surface area contributed by atoms with E-state index < -0.39 is 24.0 Å². The first-order valence-corrected chi connectivity index (χ1v) is 10.6. The molecule has 1 saturated heterocycles. The Morgan fingerprint density at radius 2 is 1.58 bits per heavy atom. The fourth-order valence-electron chi connectivity index (χ4n) is 4.50. The minimum atomic E-state index is -0.822. The van der Waals surface area contributed by atoms with Crippen LogP contribution < -0.4 is 5.32 Å². The Bertz CT molecular complexity index is 951. The lowest BCUT2D eigenvalue weighted by molar-refractivity contribution is -0.146. The first-order chi connectivity index (χ1) is 15.0. The second-order valence-corrected chi connectivity index (χ2v) is 8.13. The molecule has 162 valence electrons. The van der Waals surface area contributed by atoms with Crippen molar-refractivity contribution in [3.05, 3.63) is 59.7 Å². The molecule has 2 N–H and O–H groups in total. The van der Waals surface area contributed by atoms with E-state index in [0.717, 1.165) is 22.3 Å². The summed E-state index contributed by atoms with van der Waals surface area (Å²) < 4.78 is 5.50. The second-order valence-electron chi connectivity index (χ2n) is 8.13. The van der Waals surface area contributed by atoms with E-state index in [0.29, 0.717) is 25.9 Å². The van der Waals surface area contributed by atoms with E-state index in [1.165, 1.54) is 0 Å². The normalized spacial score (nSPS) is 16.9. The number of fused-ring (bicyclic) bond motifs is 3. The summed E-state index contributed by atoms with van der Waals surface area (Å²) in [5.74, 6) is -1.50. The number of carboxylic acid groups (broad SMARTS) is 1. The number of carbonyl (C=O) groups excluding carboxylic acids is 2. The number of likely N-dealkylation sites (tertiary alicyclic amines) is 1. The third-order valence-corrected chi connectivity index (χ3v) is 6.20. The summed E-state index contributed by atoms with van der Waals surface area (Å²) in [6, 6.07) is 15.5. The van der Waals surface area contributed by atoms with Gasteiger partial charge in [0.25, 0.3) is 0 Å². The monoisotopic (exact) mass is 422 g/mol. The SMILES string of the molecule is C[C@H](NC(=O)OCC1c2ccccc2-c2ccccc21)C(=O)N1CCC(C(=O)O)CC1. The molecule has 4 rings (SSSR count). The first kappa shape index (κ1) is 20.9. The van der Waals surface area contributed by atoms with Gasteiger partial charge in [-0.1, -0.05) is 48.5 Å². The van der Waals surface area contributed by atoms with Gasteiger partial charge < -0.3 is 20.1 Å². The Morgan fingerprint density at radius 3 is 2.13 bits per heavy atom. The molecule has 2 aromatic carbocycles. The molecule has 7 heteroatoms. The molecule has 0 spiro atoms. The van der Waals surface area contributed by atoms with Crippen LogP contribution >= 0.6 is 0 Å². The fourth-order valence-corrected chi connectivity index (χ4v) is 4.50. The summed E-state index contributed by atoms with van der Waals surface area (Å²) >= 11 is 0. The Hall–Kier alpha value is -3.35. The lowest BCUT2D eigenvalue weighted by Gasteiger charge is -2.32. The number of carboxylic acids is 1. The van der Waals surface area contributed by atoms with Gasteiger partial charge in [0, 0.05) is 19.0 Å². The first-order valence-electron chi connectivity index (χ1n) is 10.6. The van der Waals surface area contributed by atoms with Crippen LogP contribution in [-0.2, 0) is 14.3 Å². The standard InChI is InChI=1S/C24H26N2O5/c1-15(22(27)26-12-10-16(11-13-26)23(28)29)25-24(30)31-14-21-19-8-4-2-6-17(19)18-7-3-5-9-20(18)21/h2-9,15-16,21H,10-14H2,1H3,(H,25,30)(H,28,29)/t15-/m0/s1. The van der Waals surface area contributed by atoms with Gasteiger partial charge in [-0.25, -0.2) is 4.79 Å². The number of hydrogen-bond donors (Lipinski definition) is 2. The summed E-state index contributed by atoms with van der Waals surface area (Å²) in [6.07, 6.45) is 0.223. The van der Waals surface area contributed by atoms with Crippen molar-refractivity contribution in [1.29, 1.82) is 0 Å². The van der Waals surface area contributed by atoms with Gasteiger partial charge in [-0.15, -0.1) is 0 Å². The summed E-state index contributed by atoms with van der Waals surface area (Å²) in [5, 5.41) is 11.7. The van der Waals surface area contributed by atoms with Gasteiger partial charge in [0.1, 0.15) is 12.6 Å². The minimum absolute atomic E-state index is 0.0424. The molecule has 1 fully saturated rings. The molecule has 7 nitrogen and oxygen atoms in total. The largest absolute Gasteiger partial charge is 0.481 e. The predicted octanol–water partition coefficient (Wildman–Crippen LogP) is 3.24. The third kappa shape index (κ3) is 4.26. The molecule has 1 atom stereocenters. The molecule has 0 radical (unpaired) electrons. The quantitative estimate of drug-likeness (QED) is 0.771. The lowest BCUT2D eigenvalue weighted by atomic mass is 9.97. The highest BCUT2D eigenvalue weighted by Gasteiger charge is 2.31. The van der Waals surface area contributed by atoms with Gasteiger partial charge in [0.15, 0.2) is 0 Å². The van der Waals surface area contributed by atoms with Crippen LogP contribution in [0.3, 0.4) is 0 Å². The maximum absolute atomic E-state index is 12.6. The van der Waals surface area contributed by atoms with Crippen LogP contribution in [0.25, 0.3) is 11.1 Å². The van der Waals surface area contributed by atoms with E-state index in [1.54, 1.807) is 11.8 Å². The van der Waals surface area contributed by atoms with Crippen molar-refractivity contribution in [3.8, 4) is 11.1 Å². The van der Waals surface area contributed by atoms with Crippen molar-refractivity contribution in [3.63, 3.8) is 0 Å². The van der Waals surface area contributed by atoms with Crippen molar-refractivity contribution in [2.24, 2.45) is 5.92 Å². The fraction of sp³-hybridized carbons (Fsp3) is 0.375. The zero-order valence-electron chi connectivity index (χ0n) is 17.4. The number of carbonyl (C=O) groups is 3. The topological polar surface area (TPSA) is 95.9 Å². The van der Waals surface area contributed by atoms with Crippen LogP contribution in [0.4, 0.5) is 4.79 Å². The summed E-state index contributed by atoms with van der Waals surface area (Å²) in [4.78, 5) is 37.7. The Morgan fingerprint density at radius 1 is 1.03 bits per heavy atom. The van der Waals surface area contributed by atoms with Crippen LogP contribution in [-0.4, -0.2) is 53.7 Å². The summed E-state index contributed by atoms with van der Waals surface area (Å²) in [5.41, 5.74) is 4.56. The second kappa shape index (κ2) is 8.79. The highest BCUT2D eigenvalue weighted by molar-refractivity contribution is 5.85. The van der Waals surface area contributed by atoms with E-state index in [4.69, 9.17) is 9.84 Å². The van der Waals surface area contributed by atoms with Gasteiger partial charge >= 0.3 is 12.1 Å². The number of alkyl carbamates (subject to hydrolysis) is 1. The van der Waals surface area contributed by atoms with Crippen LogP contribution in [0, 0.1) is 5.92 Å². The van der Waals surface area contributed by atoms with Gasteiger partial charge in [0.2, 0.25) is 5.91 Å². The van der Waals surface area contributed by atoms with Crippen molar-refractivity contribution in [1.82, 2.24) is 10.2 Å². The van der Waals surface area contributed by atoms with Crippen LogP contribution in [0.2, 0.25) is 0 Å². The molecule has 0 bridgehead atoms.